The van der Waals surface area contributed by atoms with Crippen LogP contribution in [0.2, 0.25) is 0 Å². The lowest BCUT2D eigenvalue weighted by atomic mass is 10.1. The average Bonchev–Trinajstić information content (AvgIpc) is 2.38. The molecule has 7 nitrogen and oxygen atoms in total. The normalized spacial score (nSPS) is 11.4. The van der Waals surface area contributed by atoms with Crippen molar-refractivity contribution in [1.82, 2.24) is 4.31 Å². The number of esters is 1. The van der Waals surface area contributed by atoms with Crippen molar-refractivity contribution in [3.8, 4) is 0 Å². The summed E-state index contributed by atoms with van der Waals surface area (Å²) in [4.78, 5) is 22.1. The summed E-state index contributed by atoms with van der Waals surface area (Å²) in [5, 5.41) is 8.87. The van der Waals surface area contributed by atoms with E-state index in [-0.39, 0.29) is 24.5 Å². The molecule has 0 spiro atoms. The molecule has 0 aliphatic rings. The van der Waals surface area contributed by atoms with Gasteiger partial charge in [-0.2, -0.15) is 4.31 Å². The van der Waals surface area contributed by atoms with E-state index in [9.17, 15) is 18.0 Å². The maximum absolute atomic E-state index is 12.1. The van der Waals surface area contributed by atoms with Gasteiger partial charge in [0.1, 0.15) is 6.54 Å². The standard InChI is InChI=1S/C13H17NO6S/c1-3-20-12(15)8-14(2)21(18,19)9-10-5-4-6-11(7-10)13(16)17/h4-7H,3,8-9H2,1-2H3,(H,16,17). The van der Waals surface area contributed by atoms with Gasteiger partial charge in [-0.25, -0.2) is 13.2 Å². The molecule has 0 heterocycles. The van der Waals surface area contributed by atoms with Gasteiger partial charge in [-0.05, 0) is 24.6 Å². The first-order valence-corrected chi connectivity index (χ1v) is 7.79. The molecule has 21 heavy (non-hydrogen) atoms. The number of aromatic carboxylic acids is 1. The number of carbonyl (C=O) groups is 2. The van der Waals surface area contributed by atoms with Crippen LogP contribution in [0.4, 0.5) is 0 Å². The summed E-state index contributed by atoms with van der Waals surface area (Å²) >= 11 is 0. The molecular weight excluding hydrogens is 298 g/mol. The fourth-order valence-corrected chi connectivity index (χ4v) is 2.73. The third-order valence-electron chi connectivity index (χ3n) is 2.65. The topological polar surface area (TPSA) is 101 Å². The molecule has 0 amide bonds. The minimum atomic E-state index is -3.73. The van der Waals surface area contributed by atoms with E-state index in [4.69, 9.17) is 5.11 Å². The first-order chi connectivity index (χ1) is 9.76. The number of sulfonamides is 1. The Bertz CT molecular complexity index is 625. The van der Waals surface area contributed by atoms with E-state index in [1.807, 2.05) is 0 Å². The van der Waals surface area contributed by atoms with Gasteiger partial charge in [0.15, 0.2) is 0 Å². The first-order valence-electron chi connectivity index (χ1n) is 6.18. The van der Waals surface area contributed by atoms with Crippen molar-refractivity contribution in [1.29, 1.82) is 0 Å². The van der Waals surface area contributed by atoms with Gasteiger partial charge < -0.3 is 9.84 Å². The van der Waals surface area contributed by atoms with E-state index in [1.54, 1.807) is 6.92 Å². The zero-order valence-electron chi connectivity index (χ0n) is 11.8. The van der Waals surface area contributed by atoms with Gasteiger partial charge in [-0.1, -0.05) is 12.1 Å². The minimum absolute atomic E-state index is 0.00995. The van der Waals surface area contributed by atoms with Gasteiger partial charge in [-0.3, -0.25) is 4.79 Å². The van der Waals surface area contributed by atoms with Crippen molar-refractivity contribution >= 4 is 22.0 Å². The van der Waals surface area contributed by atoms with Crippen molar-refractivity contribution in [2.75, 3.05) is 20.2 Å². The molecule has 0 unspecified atom stereocenters. The Morgan fingerprint density at radius 3 is 2.57 bits per heavy atom. The molecule has 0 aliphatic carbocycles. The second-order valence-corrected chi connectivity index (χ2v) is 6.40. The van der Waals surface area contributed by atoms with E-state index in [0.29, 0.717) is 5.56 Å². The van der Waals surface area contributed by atoms with Gasteiger partial charge in [0.2, 0.25) is 10.0 Å². The molecule has 0 aromatic heterocycles. The highest BCUT2D eigenvalue weighted by Crippen LogP contribution is 2.12. The van der Waals surface area contributed by atoms with E-state index < -0.39 is 22.0 Å². The third-order valence-corrected chi connectivity index (χ3v) is 4.43. The highest BCUT2D eigenvalue weighted by atomic mass is 32.2. The Labute approximate surface area is 123 Å². The van der Waals surface area contributed by atoms with Gasteiger partial charge >= 0.3 is 11.9 Å². The van der Waals surface area contributed by atoms with Crippen LogP contribution in [-0.4, -0.2) is 50.0 Å². The fraction of sp³-hybridized carbons (Fsp3) is 0.385. The largest absolute Gasteiger partial charge is 0.478 e. The molecule has 1 aromatic carbocycles. The second kappa shape index (κ2) is 7.19. The average molecular weight is 315 g/mol. The molecule has 1 rings (SSSR count). The summed E-state index contributed by atoms with van der Waals surface area (Å²) in [7, 11) is -2.46. The molecule has 0 bridgehead atoms. The molecular formula is C13H17NO6S. The molecule has 1 aromatic rings. The molecule has 1 N–H and O–H groups in total. The van der Waals surface area contributed by atoms with Gasteiger partial charge in [0.05, 0.1) is 17.9 Å². The summed E-state index contributed by atoms with van der Waals surface area (Å²) in [5.74, 6) is -2.15. The fourth-order valence-electron chi connectivity index (χ4n) is 1.60. The molecule has 0 atom stereocenters. The van der Waals surface area contributed by atoms with E-state index in [0.717, 1.165) is 4.31 Å². The SMILES string of the molecule is CCOC(=O)CN(C)S(=O)(=O)Cc1cccc(C(=O)O)c1. The van der Waals surface area contributed by atoms with E-state index >= 15 is 0 Å². The molecule has 0 saturated carbocycles. The number of hydrogen-bond acceptors (Lipinski definition) is 5. The number of carboxylic acid groups (broad SMARTS) is 1. The zero-order chi connectivity index (χ0) is 16.0. The lowest BCUT2D eigenvalue weighted by Gasteiger charge is -2.16. The number of rotatable bonds is 7. The highest BCUT2D eigenvalue weighted by molar-refractivity contribution is 7.88. The Kier molecular flexibility index (Phi) is 5.86. The van der Waals surface area contributed by atoms with Crippen LogP contribution in [0.3, 0.4) is 0 Å². The predicted molar refractivity (Wildman–Crippen MR) is 75.3 cm³/mol. The Morgan fingerprint density at radius 2 is 2.00 bits per heavy atom. The summed E-state index contributed by atoms with van der Waals surface area (Å²) < 4.78 is 29.8. The summed E-state index contributed by atoms with van der Waals surface area (Å²) in [6.45, 7) is 1.42. The van der Waals surface area contributed by atoms with Gasteiger partial charge in [0.25, 0.3) is 0 Å². The first kappa shape index (κ1) is 17.1. The van der Waals surface area contributed by atoms with Crippen LogP contribution < -0.4 is 0 Å². The smallest absolute Gasteiger partial charge is 0.335 e. The van der Waals surface area contributed by atoms with E-state index in [1.165, 1.54) is 31.3 Å². The number of nitrogens with zero attached hydrogens (tertiary/aromatic N) is 1. The van der Waals surface area contributed by atoms with Crippen molar-refractivity contribution in [3.63, 3.8) is 0 Å². The number of likely N-dealkylation sites (N-methyl/N-ethyl adjacent to an activating group) is 1. The third kappa shape index (κ3) is 5.16. The van der Waals surface area contributed by atoms with Crippen LogP contribution in [0.5, 0.6) is 0 Å². The zero-order valence-corrected chi connectivity index (χ0v) is 12.6. The lowest BCUT2D eigenvalue weighted by Crippen LogP contribution is -2.34. The molecule has 0 fully saturated rings. The molecule has 8 heteroatoms. The van der Waals surface area contributed by atoms with Crippen LogP contribution in [0.15, 0.2) is 24.3 Å². The van der Waals surface area contributed by atoms with Crippen molar-refractivity contribution < 1.29 is 27.9 Å². The van der Waals surface area contributed by atoms with Crippen LogP contribution in [0, 0.1) is 0 Å². The molecule has 0 radical (unpaired) electrons. The van der Waals surface area contributed by atoms with Gasteiger partial charge in [0, 0.05) is 7.05 Å². The highest BCUT2D eigenvalue weighted by Gasteiger charge is 2.22. The van der Waals surface area contributed by atoms with Crippen molar-refractivity contribution in [3.05, 3.63) is 35.4 Å². The Hall–Kier alpha value is -1.93. The quantitative estimate of drug-likeness (QED) is 0.744. The molecule has 116 valence electrons. The number of hydrogen-bond donors (Lipinski definition) is 1. The summed E-state index contributed by atoms with van der Waals surface area (Å²) in [6.07, 6.45) is 0. The molecule has 0 aliphatic heterocycles. The number of benzene rings is 1. The van der Waals surface area contributed by atoms with Crippen LogP contribution in [0.1, 0.15) is 22.8 Å². The number of carbonyl (C=O) groups excluding carboxylic acids is 1. The molecule has 0 saturated heterocycles. The van der Waals surface area contributed by atoms with Crippen LogP contribution >= 0.6 is 0 Å². The minimum Gasteiger partial charge on any atom is -0.478 e. The van der Waals surface area contributed by atoms with Crippen LogP contribution in [0.25, 0.3) is 0 Å². The maximum Gasteiger partial charge on any atom is 0.335 e. The Balaban J connectivity index is 2.82. The van der Waals surface area contributed by atoms with Gasteiger partial charge in [-0.15, -0.1) is 0 Å². The monoisotopic (exact) mass is 315 g/mol. The summed E-state index contributed by atoms with van der Waals surface area (Å²) in [5.41, 5.74) is 0.348. The lowest BCUT2D eigenvalue weighted by molar-refractivity contribution is -0.143. The second-order valence-electron chi connectivity index (χ2n) is 4.32. The Morgan fingerprint density at radius 1 is 1.33 bits per heavy atom. The van der Waals surface area contributed by atoms with Crippen molar-refractivity contribution in [2.45, 2.75) is 12.7 Å². The van der Waals surface area contributed by atoms with Crippen LogP contribution in [-0.2, 0) is 25.3 Å². The summed E-state index contributed by atoms with van der Waals surface area (Å²) in [6, 6.07) is 5.65. The predicted octanol–water partition coefficient (Wildman–Crippen LogP) is 0.710. The number of ether oxygens (including phenoxy) is 1. The van der Waals surface area contributed by atoms with Crippen molar-refractivity contribution in [2.24, 2.45) is 0 Å². The van der Waals surface area contributed by atoms with E-state index in [2.05, 4.69) is 4.74 Å². The number of carboxylic acids is 1. The maximum atomic E-state index is 12.1.